The number of carboxylic acids is 1. The molecular formula is C18H24N3O6-. The van der Waals surface area contributed by atoms with Crippen molar-refractivity contribution < 1.29 is 29.0 Å². The maximum Gasteiger partial charge on any atom is 0.329 e. The fraction of sp³-hybridized carbons (Fsp3) is 0.444. The Labute approximate surface area is 157 Å². The Hall–Kier alpha value is -2.94. The van der Waals surface area contributed by atoms with Crippen molar-refractivity contribution >= 4 is 24.0 Å². The quantitative estimate of drug-likeness (QED) is 0.252. The van der Waals surface area contributed by atoms with Gasteiger partial charge in [0.05, 0.1) is 24.9 Å². The zero-order chi connectivity index (χ0) is 20.2. The number of hydrogen-bond donors (Lipinski definition) is 2. The van der Waals surface area contributed by atoms with E-state index in [4.69, 9.17) is 9.47 Å². The molecule has 148 valence electrons. The molecule has 0 aliphatic heterocycles. The lowest BCUT2D eigenvalue weighted by Gasteiger charge is -2.10. The van der Waals surface area contributed by atoms with Crippen molar-refractivity contribution in [2.45, 2.75) is 33.3 Å². The average molecular weight is 378 g/mol. The van der Waals surface area contributed by atoms with Crippen LogP contribution in [0.4, 0.5) is 0 Å². The fourth-order valence-electron chi connectivity index (χ4n) is 1.95. The van der Waals surface area contributed by atoms with Gasteiger partial charge in [0.25, 0.3) is 0 Å². The highest BCUT2D eigenvalue weighted by molar-refractivity contribution is 6.35. The Bertz CT molecular complexity index is 688. The highest BCUT2D eigenvalue weighted by Gasteiger charge is 2.11. The Morgan fingerprint density at radius 3 is 2.63 bits per heavy atom. The van der Waals surface area contributed by atoms with E-state index in [1.807, 2.05) is 13.8 Å². The van der Waals surface area contributed by atoms with E-state index >= 15 is 0 Å². The molecule has 0 spiro atoms. The van der Waals surface area contributed by atoms with E-state index in [-0.39, 0.29) is 11.7 Å². The van der Waals surface area contributed by atoms with Gasteiger partial charge in [-0.2, -0.15) is 5.10 Å². The number of hydrazone groups is 1. The van der Waals surface area contributed by atoms with Gasteiger partial charge in [-0.05, 0) is 51.0 Å². The molecule has 1 rings (SSSR count). The van der Waals surface area contributed by atoms with Gasteiger partial charge in [0, 0.05) is 18.7 Å². The minimum absolute atomic E-state index is 0.0624. The summed E-state index contributed by atoms with van der Waals surface area (Å²) in [6, 6.07) is 4.10. The van der Waals surface area contributed by atoms with Crippen LogP contribution >= 0.6 is 0 Å². The highest BCUT2D eigenvalue weighted by Crippen LogP contribution is 2.18. The lowest BCUT2D eigenvalue weighted by molar-refractivity contribution is -0.255. The van der Waals surface area contributed by atoms with Crippen LogP contribution in [0.3, 0.4) is 0 Å². The van der Waals surface area contributed by atoms with Crippen LogP contribution in [0.2, 0.25) is 0 Å². The second-order valence-electron chi connectivity index (χ2n) is 5.70. The number of ether oxygens (including phenoxy) is 2. The third-order valence-corrected chi connectivity index (χ3v) is 3.18. The van der Waals surface area contributed by atoms with Gasteiger partial charge in [-0.3, -0.25) is 9.59 Å². The smallest absolute Gasteiger partial charge is 0.329 e. The average Bonchev–Trinajstić information content (AvgIpc) is 2.62. The monoisotopic (exact) mass is 378 g/mol. The van der Waals surface area contributed by atoms with Crippen LogP contribution < -0.4 is 20.6 Å². The summed E-state index contributed by atoms with van der Waals surface area (Å²) >= 11 is 0. The van der Waals surface area contributed by atoms with Crippen molar-refractivity contribution in [3.8, 4) is 5.75 Å². The standard InChI is InChI=1S/C18H25N3O6/c1-4-26-15-7-6-13(18(24)25)10-14(15)11-20-21-17(23)16(22)19-8-5-9-27-12(2)3/h6-7,10-12H,4-5,8-9H2,1-3H3,(H,19,22)(H,21,23)(H,24,25)/p-1/b20-11-. The van der Waals surface area contributed by atoms with E-state index in [0.717, 1.165) is 0 Å². The first-order chi connectivity index (χ1) is 12.8. The normalized spacial score (nSPS) is 10.8. The van der Waals surface area contributed by atoms with Crippen molar-refractivity contribution in [3.63, 3.8) is 0 Å². The third kappa shape index (κ3) is 8.32. The Morgan fingerprint density at radius 2 is 2.00 bits per heavy atom. The zero-order valence-corrected chi connectivity index (χ0v) is 15.6. The van der Waals surface area contributed by atoms with Crippen molar-refractivity contribution in [1.29, 1.82) is 0 Å². The summed E-state index contributed by atoms with van der Waals surface area (Å²) in [4.78, 5) is 34.3. The van der Waals surface area contributed by atoms with E-state index in [1.54, 1.807) is 6.92 Å². The molecule has 0 radical (unpaired) electrons. The van der Waals surface area contributed by atoms with Crippen LogP contribution in [0, 0.1) is 0 Å². The molecule has 27 heavy (non-hydrogen) atoms. The number of rotatable bonds is 10. The summed E-state index contributed by atoms with van der Waals surface area (Å²) in [5.41, 5.74) is 2.34. The molecular weight excluding hydrogens is 354 g/mol. The van der Waals surface area contributed by atoms with Crippen LogP contribution in [-0.4, -0.2) is 49.9 Å². The summed E-state index contributed by atoms with van der Waals surface area (Å²) < 4.78 is 10.7. The van der Waals surface area contributed by atoms with Gasteiger partial charge in [0.2, 0.25) is 0 Å². The SMILES string of the molecule is CCOc1ccc(C(=O)[O-])cc1/C=N\NC(=O)C(=O)NCCCOC(C)C. The predicted molar refractivity (Wildman–Crippen MR) is 96.4 cm³/mol. The van der Waals surface area contributed by atoms with Crippen molar-refractivity contribution in [1.82, 2.24) is 10.7 Å². The summed E-state index contributed by atoms with van der Waals surface area (Å²) in [6.07, 6.45) is 1.88. The van der Waals surface area contributed by atoms with Crippen molar-refractivity contribution in [3.05, 3.63) is 29.3 Å². The Morgan fingerprint density at radius 1 is 1.26 bits per heavy atom. The number of nitrogens with zero attached hydrogens (tertiary/aromatic N) is 1. The van der Waals surface area contributed by atoms with E-state index in [2.05, 4.69) is 15.8 Å². The molecule has 2 N–H and O–H groups in total. The number of carbonyl (C=O) groups excluding carboxylic acids is 3. The number of hydrogen-bond acceptors (Lipinski definition) is 7. The van der Waals surface area contributed by atoms with Gasteiger partial charge in [-0.25, -0.2) is 5.43 Å². The maximum absolute atomic E-state index is 11.7. The van der Waals surface area contributed by atoms with Gasteiger partial charge in [-0.1, -0.05) is 0 Å². The second-order valence-corrected chi connectivity index (χ2v) is 5.70. The maximum atomic E-state index is 11.7. The molecule has 0 aliphatic carbocycles. The van der Waals surface area contributed by atoms with E-state index < -0.39 is 17.8 Å². The molecule has 0 fully saturated rings. The highest BCUT2D eigenvalue weighted by atomic mass is 16.5. The molecule has 9 nitrogen and oxygen atoms in total. The van der Waals surface area contributed by atoms with Crippen molar-refractivity contribution in [2.75, 3.05) is 19.8 Å². The number of nitrogens with one attached hydrogen (secondary N) is 2. The summed E-state index contributed by atoms with van der Waals surface area (Å²) in [7, 11) is 0. The zero-order valence-electron chi connectivity index (χ0n) is 15.6. The van der Waals surface area contributed by atoms with Gasteiger partial charge in [0.1, 0.15) is 5.75 Å². The minimum Gasteiger partial charge on any atom is -0.545 e. The van der Waals surface area contributed by atoms with E-state index in [9.17, 15) is 19.5 Å². The molecule has 0 aliphatic rings. The van der Waals surface area contributed by atoms with Crippen LogP contribution in [0.25, 0.3) is 0 Å². The van der Waals surface area contributed by atoms with E-state index in [0.29, 0.717) is 37.5 Å². The molecule has 0 aromatic heterocycles. The van der Waals surface area contributed by atoms with Gasteiger partial charge in [-0.15, -0.1) is 0 Å². The first-order valence-corrected chi connectivity index (χ1v) is 8.56. The summed E-state index contributed by atoms with van der Waals surface area (Å²) in [5, 5.41) is 17.1. The van der Waals surface area contributed by atoms with Gasteiger partial charge < -0.3 is 24.7 Å². The van der Waals surface area contributed by atoms with Gasteiger partial charge >= 0.3 is 11.8 Å². The number of aromatic carboxylic acids is 1. The molecule has 0 heterocycles. The Balaban J connectivity index is 2.57. The molecule has 0 atom stereocenters. The number of carbonyl (C=O) groups is 3. The first-order valence-electron chi connectivity index (χ1n) is 8.56. The van der Waals surface area contributed by atoms with Crippen LogP contribution in [0.1, 0.15) is 43.1 Å². The topological polar surface area (TPSA) is 129 Å². The summed E-state index contributed by atoms with van der Waals surface area (Å²) in [6.45, 7) is 6.72. The number of benzene rings is 1. The third-order valence-electron chi connectivity index (χ3n) is 3.18. The number of carboxylic acid groups (broad SMARTS) is 1. The molecule has 9 heteroatoms. The van der Waals surface area contributed by atoms with Crippen LogP contribution in [0.15, 0.2) is 23.3 Å². The van der Waals surface area contributed by atoms with E-state index in [1.165, 1.54) is 24.4 Å². The first kappa shape index (κ1) is 22.1. The largest absolute Gasteiger partial charge is 0.545 e. The minimum atomic E-state index is -1.35. The molecule has 1 aromatic carbocycles. The molecule has 0 saturated carbocycles. The summed E-state index contributed by atoms with van der Waals surface area (Å²) in [5.74, 6) is -2.73. The fourth-order valence-corrected chi connectivity index (χ4v) is 1.95. The molecule has 0 bridgehead atoms. The van der Waals surface area contributed by atoms with Crippen LogP contribution in [-0.2, 0) is 14.3 Å². The predicted octanol–water partition coefficient (Wildman–Crippen LogP) is -0.170. The van der Waals surface area contributed by atoms with Gasteiger partial charge in [0.15, 0.2) is 0 Å². The molecule has 1 aromatic rings. The molecule has 0 unspecified atom stereocenters. The van der Waals surface area contributed by atoms with Crippen molar-refractivity contribution in [2.24, 2.45) is 5.10 Å². The molecule has 2 amide bonds. The second kappa shape index (κ2) is 11.6. The Kier molecular flexibility index (Phi) is 9.52. The number of amides is 2. The van der Waals surface area contributed by atoms with Crippen LogP contribution in [0.5, 0.6) is 5.75 Å². The molecule has 0 saturated heterocycles. The lowest BCUT2D eigenvalue weighted by Crippen LogP contribution is -2.38. The lowest BCUT2D eigenvalue weighted by atomic mass is 10.1.